The number of fused-ring (bicyclic) bond motifs is 1. The van der Waals surface area contributed by atoms with Gasteiger partial charge in [0.2, 0.25) is 0 Å². The maximum Gasteiger partial charge on any atom is 0.408 e. The fourth-order valence-corrected chi connectivity index (χ4v) is 4.13. The van der Waals surface area contributed by atoms with Crippen molar-refractivity contribution in [2.75, 3.05) is 0 Å². The molecule has 2 amide bonds. The van der Waals surface area contributed by atoms with E-state index in [0.29, 0.717) is 5.39 Å². The molecule has 0 bridgehead atoms. The molecular formula is C21H28N2O6S. The van der Waals surface area contributed by atoms with Gasteiger partial charge in [-0.3, -0.25) is 4.79 Å². The minimum absolute atomic E-state index is 0.00731. The Bertz CT molecular complexity index is 1040. The Morgan fingerprint density at radius 2 is 1.67 bits per heavy atom. The van der Waals surface area contributed by atoms with Gasteiger partial charge < -0.3 is 15.2 Å². The number of benzene rings is 2. The van der Waals surface area contributed by atoms with E-state index in [1.54, 1.807) is 45.0 Å². The van der Waals surface area contributed by atoms with Crippen molar-refractivity contribution in [1.82, 2.24) is 10.0 Å². The molecule has 0 heterocycles. The number of ether oxygens (including phenoxy) is 1. The summed E-state index contributed by atoms with van der Waals surface area (Å²) in [6.45, 7) is 8.75. The molecule has 0 saturated carbocycles. The second kappa shape index (κ2) is 8.91. The van der Waals surface area contributed by atoms with E-state index < -0.39 is 33.7 Å². The first-order chi connectivity index (χ1) is 13.8. The summed E-state index contributed by atoms with van der Waals surface area (Å²) >= 11 is 0. The highest BCUT2D eigenvalue weighted by Gasteiger charge is 2.29. The Balaban J connectivity index is 2.30. The van der Waals surface area contributed by atoms with Crippen LogP contribution >= 0.6 is 0 Å². The van der Waals surface area contributed by atoms with Gasteiger partial charge in [-0.25, -0.2) is 17.9 Å². The van der Waals surface area contributed by atoms with E-state index in [1.165, 1.54) is 12.1 Å². The first-order valence-corrected chi connectivity index (χ1v) is 11.1. The van der Waals surface area contributed by atoms with Gasteiger partial charge in [0, 0.05) is 10.8 Å². The van der Waals surface area contributed by atoms with Crippen LogP contribution in [0.2, 0.25) is 0 Å². The molecule has 0 aromatic heterocycles. The van der Waals surface area contributed by atoms with Crippen LogP contribution in [0.5, 0.6) is 5.75 Å². The van der Waals surface area contributed by atoms with E-state index in [0.717, 1.165) is 0 Å². The topological polar surface area (TPSA) is 122 Å². The maximum atomic E-state index is 12.9. The molecular weight excluding hydrogens is 408 g/mol. The Morgan fingerprint density at radius 3 is 2.23 bits per heavy atom. The average Bonchev–Trinajstić information content (AvgIpc) is 2.59. The molecule has 0 aliphatic heterocycles. The second-order valence-electron chi connectivity index (χ2n) is 8.43. The van der Waals surface area contributed by atoms with Gasteiger partial charge >= 0.3 is 6.09 Å². The molecule has 30 heavy (non-hydrogen) atoms. The lowest BCUT2D eigenvalue weighted by Gasteiger charge is -2.24. The van der Waals surface area contributed by atoms with Crippen molar-refractivity contribution in [3.8, 4) is 5.75 Å². The first-order valence-electron chi connectivity index (χ1n) is 9.57. The summed E-state index contributed by atoms with van der Waals surface area (Å²) < 4.78 is 33.0. The van der Waals surface area contributed by atoms with E-state index in [2.05, 4.69) is 5.32 Å². The number of rotatable bonds is 6. The Kier molecular flexibility index (Phi) is 6.97. The zero-order valence-corrected chi connectivity index (χ0v) is 18.5. The molecule has 0 unspecified atom stereocenters. The third-order valence-electron chi connectivity index (χ3n) is 4.10. The van der Waals surface area contributed by atoms with Crippen LogP contribution in [0.25, 0.3) is 10.8 Å². The van der Waals surface area contributed by atoms with Gasteiger partial charge in [0.25, 0.3) is 15.9 Å². The number of aromatic hydroxyl groups is 1. The average molecular weight is 437 g/mol. The van der Waals surface area contributed by atoms with E-state index in [1.807, 2.05) is 18.6 Å². The summed E-state index contributed by atoms with van der Waals surface area (Å²) in [7, 11) is -4.26. The van der Waals surface area contributed by atoms with Crippen LogP contribution in [-0.2, 0) is 19.6 Å². The number of hydrogen-bond donors (Lipinski definition) is 3. The second-order valence-corrected chi connectivity index (χ2v) is 10.1. The molecule has 2 rings (SSSR count). The summed E-state index contributed by atoms with van der Waals surface area (Å²) in [5, 5.41) is 13.0. The molecule has 0 saturated heterocycles. The lowest BCUT2D eigenvalue weighted by atomic mass is 10.0. The lowest BCUT2D eigenvalue weighted by Crippen LogP contribution is -2.50. The van der Waals surface area contributed by atoms with Gasteiger partial charge in [-0.2, -0.15) is 0 Å². The molecule has 3 N–H and O–H groups in total. The largest absolute Gasteiger partial charge is 0.507 e. The van der Waals surface area contributed by atoms with Crippen molar-refractivity contribution in [3.63, 3.8) is 0 Å². The predicted octanol–water partition coefficient (Wildman–Crippen LogP) is 3.29. The van der Waals surface area contributed by atoms with Crippen LogP contribution in [-0.4, -0.2) is 37.2 Å². The summed E-state index contributed by atoms with van der Waals surface area (Å²) in [5.74, 6) is -0.931. The number of phenolic OH excluding ortho intramolecular Hbond substituents is 1. The molecule has 0 radical (unpaired) electrons. The predicted molar refractivity (Wildman–Crippen MR) is 114 cm³/mol. The lowest BCUT2D eigenvalue weighted by molar-refractivity contribution is -0.121. The monoisotopic (exact) mass is 436 g/mol. The summed E-state index contributed by atoms with van der Waals surface area (Å²) in [6, 6.07) is 7.81. The maximum absolute atomic E-state index is 12.9. The van der Waals surface area contributed by atoms with Crippen LogP contribution in [0.3, 0.4) is 0 Å². The quantitative estimate of drug-likeness (QED) is 0.639. The summed E-state index contributed by atoms with van der Waals surface area (Å²) in [5.41, 5.74) is -0.764. The van der Waals surface area contributed by atoms with Crippen LogP contribution in [0.1, 0.15) is 41.0 Å². The summed E-state index contributed by atoms with van der Waals surface area (Å²) in [6.07, 6.45) is -0.590. The fraction of sp³-hybridized carbons (Fsp3) is 0.429. The number of alkyl carbamates (subject to hydrolysis) is 1. The van der Waals surface area contributed by atoms with Crippen LogP contribution < -0.4 is 10.0 Å². The minimum atomic E-state index is -4.26. The number of carbonyl (C=O) groups excluding carboxylic acids is 2. The van der Waals surface area contributed by atoms with Gasteiger partial charge in [0.1, 0.15) is 17.4 Å². The van der Waals surface area contributed by atoms with Crippen molar-refractivity contribution in [2.45, 2.75) is 57.6 Å². The highest BCUT2D eigenvalue weighted by Crippen LogP contribution is 2.30. The SMILES string of the molecule is CC(C)C[C@H](NC(=O)OC(C)(C)C)C(=O)NS(=O)(=O)c1ccc(O)c2ccccc12. The Hall–Kier alpha value is -2.81. The molecule has 0 aliphatic rings. The van der Waals surface area contributed by atoms with E-state index >= 15 is 0 Å². The zero-order valence-electron chi connectivity index (χ0n) is 17.7. The molecule has 2 aromatic rings. The normalized spacial score (nSPS) is 13.1. The van der Waals surface area contributed by atoms with Crippen LogP contribution in [0.15, 0.2) is 41.3 Å². The standard InChI is InChI=1S/C21H28N2O6S/c1-13(2)12-16(22-20(26)29-21(3,4)5)19(25)23-30(27,28)18-11-10-17(24)14-8-6-7-9-15(14)18/h6-11,13,16,24H,12H2,1-5H3,(H,22,26)(H,23,25)/t16-/m0/s1. The van der Waals surface area contributed by atoms with E-state index in [-0.39, 0.29) is 28.4 Å². The number of amides is 2. The van der Waals surface area contributed by atoms with E-state index in [9.17, 15) is 23.1 Å². The van der Waals surface area contributed by atoms with Gasteiger partial charge in [0.05, 0.1) is 4.90 Å². The van der Waals surface area contributed by atoms with Gasteiger partial charge in [0.15, 0.2) is 0 Å². The zero-order chi connectivity index (χ0) is 22.7. The molecule has 8 nitrogen and oxygen atoms in total. The molecule has 164 valence electrons. The molecule has 0 aliphatic carbocycles. The van der Waals surface area contributed by atoms with Gasteiger partial charge in [-0.1, -0.05) is 38.1 Å². The van der Waals surface area contributed by atoms with Crippen molar-refractivity contribution < 1.29 is 27.9 Å². The Labute approximate surface area is 176 Å². The highest BCUT2D eigenvalue weighted by atomic mass is 32.2. The van der Waals surface area contributed by atoms with Crippen LogP contribution in [0, 0.1) is 5.92 Å². The Morgan fingerprint density at radius 1 is 1.07 bits per heavy atom. The molecule has 0 fully saturated rings. The highest BCUT2D eigenvalue weighted by molar-refractivity contribution is 7.90. The number of sulfonamides is 1. The minimum Gasteiger partial charge on any atom is -0.507 e. The number of carbonyl (C=O) groups is 2. The first kappa shape index (κ1) is 23.5. The smallest absolute Gasteiger partial charge is 0.408 e. The molecule has 1 atom stereocenters. The third-order valence-corrected chi connectivity index (χ3v) is 5.51. The van der Waals surface area contributed by atoms with Gasteiger partial charge in [-0.05, 0) is 45.2 Å². The molecule has 0 spiro atoms. The van der Waals surface area contributed by atoms with Crippen molar-refractivity contribution in [3.05, 3.63) is 36.4 Å². The third kappa shape index (κ3) is 6.09. The fourth-order valence-electron chi connectivity index (χ4n) is 2.90. The van der Waals surface area contributed by atoms with Crippen molar-refractivity contribution in [1.29, 1.82) is 0 Å². The van der Waals surface area contributed by atoms with Crippen molar-refractivity contribution >= 4 is 32.8 Å². The number of nitrogens with one attached hydrogen (secondary N) is 2. The summed E-state index contributed by atoms with van der Waals surface area (Å²) in [4.78, 5) is 24.7. The van der Waals surface area contributed by atoms with Crippen molar-refractivity contribution in [2.24, 2.45) is 5.92 Å². The van der Waals surface area contributed by atoms with Gasteiger partial charge in [-0.15, -0.1) is 0 Å². The number of hydrogen-bond acceptors (Lipinski definition) is 6. The molecule has 9 heteroatoms. The molecule has 2 aromatic carbocycles. The van der Waals surface area contributed by atoms with E-state index in [4.69, 9.17) is 4.74 Å². The number of phenols is 1. The van der Waals surface area contributed by atoms with Crippen LogP contribution in [0.4, 0.5) is 4.79 Å².